The largest absolute Gasteiger partial charge is 0.497 e. The molecule has 28 heavy (non-hydrogen) atoms. The summed E-state index contributed by atoms with van der Waals surface area (Å²) in [6, 6.07) is 10.6. The summed E-state index contributed by atoms with van der Waals surface area (Å²) in [5.74, 6) is 0.0473. The summed E-state index contributed by atoms with van der Waals surface area (Å²) in [6.07, 6.45) is 0. The number of esters is 1. The van der Waals surface area contributed by atoms with Crippen molar-refractivity contribution in [2.45, 2.75) is 13.8 Å². The van der Waals surface area contributed by atoms with Gasteiger partial charge in [-0.1, -0.05) is 6.07 Å². The van der Waals surface area contributed by atoms with Crippen molar-refractivity contribution >= 4 is 28.5 Å². The number of aryl methyl sites for hydroxylation is 2. The molecule has 3 rings (SSSR count). The Hall–Kier alpha value is -3.48. The van der Waals surface area contributed by atoms with Crippen molar-refractivity contribution in [3.05, 3.63) is 53.3 Å². The first-order valence-electron chi connectivity index (χ1n) is 8.61. The van der Waals surface area contributed by atoms with E-state index in [0.717, 1.165) is 10.9 Å². The van der Waals surface area contributed by atoms with E-state index in [1.807, 2.05) is 13.0 Å². The Morgan fingerprint density at radius 2 is 1.82 bits per heavy atom. The maximum absolute atomic E-state index is 12.4. The van der Waals surface area contributed by atoms with Gasteiger partial charge in [0.15, 0.2) is 6.61 Å². The minimum Gasteiger partial charge on any atom is -0.497 e. The number of carbonyl (C=O) groups is 2. The van der Waals surface area contributed by atoms with E-state index in [1.54, 1.807) is 44.4 Å². The number of hydrogen-bond donors (Lipinski definition) is 1. The summed E-state index contributed by atoms with van der Waals surface area (Å²) in [5, 5.41) is 3.43. The van der Waals surface area contributed by atoms with Crippen LogP contribution in [0.4, 0.5) is 5.69 Å². The van der Waals surface area contributed by atoms with Gasteiger partial charge in [-0.2, -0.15) is 0 Å². The van der Waals surface area contributed by atoms with Gasteiger partial charge in [-0.25, -0.2) is 4.79 Å². The van der Waals surface area contributed by atoms with Crippen LogP contribution >= 0.6 is 0 Å². The second-order valence-electron chi connectivity index (χ2n) is 6.25. The van der Waals surface area contributed by atoms with Crippen LogP contribution in [-0.2, 0) is 9.53 Å². The van der Waals surface area contributed by atoms with Gasteiger partial charge < -0.3 is 23.9 Å². The topological polar surface area (TPSA) is 87.0 Å². The van der Waals surface area contributed by atoms with Crippen LogP contribution < -0.4 is 14.8 Å². The van der Waals surface area contributed by atoms with Crippen LogP contribution in [0.3, 0.4) is 0 Å². The molecule has 7 nitrogen and oxygen atoms in total. The van der Waals surface area contributed by atoms with Crippen molar-refractivity contribution < 1.29 is 28.2 Å². The molecule has 0 radical (unpaired) electrons. The Morgan fingerprint density at radius 3 is 2.54 bits per heavy atom. The maximum Gasteiger partial charge on any atom is 0.375 e. The number of benzene rings is 2. The van der Waals surface area contributed by atoms with Crippen LogP contribution in [0, 0.1) is 13.8 Å². The van der Waals surface area contributed by atoms with Crippen molar-refractivity contribution in [2.75, 3.05) is 26.1 Å². The molecule has 0 aliphatic carbocycles. The van der Waals surface area contributed by atoms with E-state index in [1.165, 1.54) is 7.11 Å². The van der Waals surface area contributed by atoms with Gasteiger partial charge in [0.1, 0.15) is 17.1 Å². The molecule has 0 saturated heterocycles. The van der Waals surface area contributed by atoms with Gasteiger partial charge in [-0.3, -0.25) is 4.79 Å². The zero-order chi connectivity index (χ0) is 20.3. The number of carbonyl (C=O) groups excluding carboxylic acids is 2. The van der Waals surface area contributed by atoms with E-state index in [9.17, 15) is 9.59 Å². The van der Waals surface area contributed by atoms with Crippen LogP contribution in [0.25, 0.3) is 11.0 Å². The van der Waals surface area contributed by atoms with Crippen molar-refractivity contribution in [3.63, 3.8) is 0 Å². The standard InChI is InChI=1S/C21H21NO6/c1-12-5-7-18(26-4)16(9-12)22-19(23)11-27-21(24)20-13(2)15-10-14(25-3)6-8-17(15)28-20/h5-10H,11H2,1-4H3,(H,22,23). The summed E-state index contributed by atoms with van der Waals surface area (Å²) in [7, 11) is 3.08. The van der Waals surface area contributed by atoms with E-state index in [0.29, 0.717) is 28.3 Å². The second kappa shape index (κ2) is 8.04. The number of hydrogen-bond acceptors (Lipinski definition) is 6. The van der Waals surface area contributed by atoms with Gasteiger partial charge in [-0.05, 0) is 49.7 Å². The second-order valence-corrected chi connectivity index (χ2v) is 6.25. The molecule has 0 bridgehead atoms. The highest BCUT2D eigenvalue weighted by Gasteiger charge is 2.20. The lowest BCUT2D eigenvalue weighted by Crippen LogP contribution is -2.21. The Kier molecular flexibility index (Phi) is 5.54. The molecule has 0 fully saturated rings. The molecule has 1 amide bonds. The summed E-state index contributed by atoms with van der Waals surface area (Å²) < 4.78 is 21.1. The van der Waals surface area contributed by atoms with Crippen LogP contribution in [0.2, 0.25) is 0 Å². The number of furan rings is 1. The number of methoxy groups -OCH3 is 2. The fraction of sp³-hybridized carbons (Fsp3) is 0.238. The molecule has 2 aromatic carbocycles. The van der Waals surface area contributed by atoms with Gasteiger partial charge in [0.2, 0.25) is 5.76 Å². The van der Waals surface area contributed by atoms with E-state index in [4.69, 9.17) is 18.6 Å². The zero-order valence-corrected chi connectivity index (χ0v) is 16.1. The molecule has 146 valence electrons. The predicted molar refractivity (Wildman–Crippen MR) is 104 cm³/mol. The number of fused-ring (bicyclic) bond motifs is 1. The molecule has 0 spiro atoms. The number of nitrogens with one attached hydrogen (secondary N) is 1. The predicted octanol–water partition coefficient (Wildman–Crippen LogP) is 3.86. The monoisotopic (exact) mass is 383 g/mol. The summed E-state index contributed by atoms with van der Waals surface area (Å²) in [5.41, 5.74) is 2.64. The fourth-order valence-corrected chi connectivity index (χ4v) is 2.82. The molecule has 1 aromatic heterocycles. The number of anilines is 1. The fourth-order valence-electron chi connectivity index (χ4n) is 2.82. The first-order chi connectivity index (χ1) is 13.4. The molecule has 0 aliphatic heterocycles. The molecular formula is C21H21NO6. The summed E-state index contributed by atoms with van der Waals surface area (Å²) in [6.45, 7) is 3.20. The van der Waals surface area contributed by atoms with Gasteiger partial charge in [-0.15, -0.1) is 0 Å². The number of ether oxygens (including phenoxy) is 3. The molecular weight excluding hydrogens is 362 g/mol. The first kappa shape index (κ1) is 19.3. The third kappa shape index (κ3) is 3.93. The third-order valence-electron chi connectivity index (χ3n) is 4.29. The van der Waals surface area contributed by atoms with Crippen molar-refractivity contribution in [1.29, 1.82) is 0 Å². The third-order valence-corrected chi connectivity index (χ3v) is 4.29. The maximum atomic E-state index is 12.4. The van der Waals surface area contributed by atoms with Crippen molar-refractivity contribution in [2.24, 2.45) is 0 Å². The highest BCUT2D eigenvalue weighted by atomic mass is 16.5. The van der Waals surface area contributed by atoms with E-state index in [-0.39, 0.29) is 5.76 Å². The molecule has 0 aliphatic rings. The first-order valence-corrected chi connectivity index (χ1v) is 8.61. The highest BCUT2D eigenvalue weighted by Crippen LogP contribution is 2.29. The minimum absolute atomic E-state index is 0.0594. The van der Waals surface area contributed by atoms with E-state index < -0.39 is 18.5 Å². The van der Waals surface area contributed by atoms with Gasteiger partial charge in [0.25, 0.3) is 5.91 Å². The Bertz CT molecular complexity index is 1040. The van der Waals surface area contributed by atoms with Crippen LogP contribution in [-0.4, -0.2) is 32.7 Å². The highest BCUT2D eigenvalue weighted by molar-refractivity contribution is 5.99. The van der Waals surface area contributed by atoms with Gasteiger partial charge in [0, 0.05) is 10.9 Å². The van der Waals surface area contributed by atoms with Crippen LogP contribution in [0.15, 0.2) is 40.8 Å². The smallest absolute Gasteiger partial charge is 0.375 e. The molecule has 1 N–H and O–H groups in total. The number of amides is 1. The zero-order valence-electron chi connectivity index (χ0n) is 16.1. The van der Waals surface area contributed by atoms with Crippen molar-refractivity contribution in [1.82, 2.24) is 0 Å². The summed E-state index contributed by atoms with van der Waals surface area (Å²) >= 11 is 0. The van der Waals surface area contributed by atoms with Crippen LogP contribution in [0.5, 0.6) is 11.5 Å². The molecule has 7 heteroatoms. The lowest BCUT2D eigenvalue weighted by atomic mass is 10.1. The molecule has 3 aromatic rings. The van der Waals surface area contributed by atoms with Gasteiger partial charge in [0.05, 0.1) is 19.9 Å². The van der Waals surface area contributed by atoms with Crippen LogP contribution in [0.1, 0.15) is 21.7 Å². The lowest BCUT2D eigenvalue weighted by Gasteiger charge is -2.11. The average Bonchev–Trinajstić information content (AvgIpc) is 3.02. The lowest BCUT2D eigenvalue weighted by molar-refractivity contribution is -0.119. The Balaban J connectivity index is 1.69. The SMILES string of the molecule is COc1ccc2oc(C(=O)OCC(=O)Nc3cc(C)ccc3OC)c(C)c2c1. The van der Waals surface area contributed by atoms with E-state index in [2.05, 4.69) is 5.32 Å². The van der Waals surface area contributed by atoms with E-state index >= 15 is 0 Å². The van der Waals surface area contributed by atoms with Gasteiger partial charge >= 0.3 is 5.97 Å². The Labute approximate surface area is 162 Å². The normalized spacial score (nSPS) is 10.6. The quantitative estimate of drug-likeness (QED) is 0.651. The minimum atomic E-state index is -0.709. The molecule has 1 heterocycles. The molecule has 0 saturated carbocycles. The Morgan fingerprint density at radius 1 is 1.04 bits per heavy atom. The number of rotatable bonds is 6. The molecule has 0 unspecified atom stereocenters. The molecule has 0 atom stereocenters. The average molecular weight is 383 g/mol. The summed E-state index contributed by atoms with van der Waals surface area (Å²) in [4.78, 5) is 24.5. The van der Waals surface area contributed by atoms with Crippen molar-refractivity contribution in [3.8, 4) is 11.5 Å².